The van der Waals surface area contributed by atoms with Crippen LogP contribution >= 0.6 is 0 Å². The van der Waals surface area contributed by atoms with E-state index in [0.717, 1.165) is 10.3 Å². The molecule has 0 unspecified atom stereocenters. The molecule has 8 nitrogen and oxygen atoms in total. The number of carbonyl (C=O) groups excluding carboxylic acids is 4. The highest BCUT2D eigenvalue weighted by molar-refractivity contribution is 6.25. The van der Waals surface area contributed by atoms with Crippen LogP contribution in [0.5, 0.6) is 5.75 Å². The smallest absolute Gasteiger partial charge is 0.306 e. The summed E-state index contributed by atoms with van der Waals surface area (Å²) in [4.78, 5) is 51.0. The number of nitrogens with zero attached hydrogens (tertiary/aromatic N) is 1. The van der Waals surface area contributed by atoms with Gasteiger partial charge in [-0.15, -0.1) is 0 Å². The molecule has 1 aliphatic rings. The van der Waals surface area contributed by atoms with Crippen LogP contribution in [0.3, 0.4) is 0 Å². The normalized spacial score (nSPS) is 12.6. The first-order valence-corrected chi connectivity index (χ1v) is 10.5. The van der Waals surface area contributed by atoms with Crippen LogP contribution in [-0.4, -0.2) is 48.9 Å². The van der Waals surface area contributed by atoms with E-state index in [4.69, 9.17) is 9.47 Å². The van der Waals surface area contributed by atoms with E-state index in [9.17, 15) is 19.2 Å². The monoisotopic (exact) mass is 446 g/mol. The Hall–Kier alpha value is -4.20. The average Bonchev–Trinajstić information content (AvgIpc) is 2.83. The number of nitrogens with one attached hydrogen (secondary N) is 1. The molecule has 0 spiro atoms. The summed E-state index contributed by atoms with van der Waals surface area (Å²) in [5.74, 6) is -1.36. The van der Waals surface area contributed by atoms with Gasteiger partial charge in [0.05, 0.1) is 12.8 Å². The van der Waals surface area contributed by atoms with Gasteiger partial charge in [-0.1, -0.05) is 36.4 Å². The summed E-state index contributed by atoms with van der Waals surface area (Å²) in [5.41, 5.74) is 1.41. The lowest BCUT2D eigenvalue weighted by Gasteiger charge is -2.27. The number of benzene rings is 3. The van der Waals surface area contributed by atoms with Crippen molar-refractivity contribution >= 4 is 40.2 Å². The van der Waals surface area contributed by atoms with E-state index >= 15 is 0 Å². The van der Waals surface area contributed by atoms with E-state index in [2.05, 4.69) is 5.32 Å². The van der Waals surface area contributed by atoms with Gasteiger partial charge in [0.2, 0.25) is 0 Å². The Labute approximate surface area is 190 Å². The second-order valence-corrected chi connectivity index (χ2v) is 7.48. The van der Waals surface area contributed by atoms with Crippen LogP contribution in [0.25, 0.3) is 10.8 Å². The summed E-state index contributed by atoms with van der Waals surface area (Å²) in [6, 6.07) is 17.5. The molecule has 0 atom stereocenters. The molecule has 33 heavy (non-hydrogen) atoms. The summed E-state index contributed by atoms with van der Waals surface area (Å²) in [5, 5.41) is 4.11. The Morgan fingerprint density at radius 3 is 2.24 bits per heavy atom. The van der Waals surface area contributed by atoms with Crippen molar-refractivity contribution in [2.45, 2.75) is 12.8 Å². The summed E-state index contributed by atoms with van der Waals surface area (Å²) in [6.45, 7) is -0.376. The highest BCUT2D eigenvalue weighted by Gasteiger charge is 2.32. The number of esters is 1. The van der Waals surface area contributed by atoms with Gasteiger partial charge < -0.3 is 14.8 Å². The molecular formula is C25H22N2O6. The second kappa shape index (κ2) is 9.52. The molecule has 3 aromatic rings. The van der Waals surface area contributed by atoms with Gasteiger partial charge in [0.25, 0.3) is 17.7 Å². The molecule has 0 saturated heterocycles. The summed E-state index contributed by atoms with van der Waals surface area (Å²) in [6.07, 6.45) is 0.188. The highest BCUT2D eigenvalue weighted by atomic mass is 16.5. The zero-order valence-corrected chi connectivity index (χ0v) is 18.0. The molecule has 3 amide bonds. The zero-order valence-electron chi connectivity index (χ0n) is 18.0. The fourth-order valence-electron chi connectivity index (χ4n) is 3.82. The van der Waals surface area contributed by atoms with Gasteiger partial charge in [-0.2, -0.15) is 0 Å². The molecule has 0 aromatic heterocycles. The zero-order chi connectivity index (χ0) is 23.4. The van der Waals surface area contributed by atoms with Crippen LogP contribution in [0.4, 0.5) is 5.69 Å². The van der Waals surface area contributed by atoms with Crippen molar-refractivity contribution in [3.8, 4) is 5.75 Å². The minimum absolute atomic E-state index is 0.0369. The number of ether oxygens (including phenoxy) is 2. The van der Waals surface area contributed by atoms with Crippen LogP contribution in [0.2, 0.25) is 0 Å². The Morgan fingerprint density at radius 1 is 0.909 bits per heavy atom. The van der Waals surface area contributed by atoms with E-state index < -0.39 is 18.5 Å². The maximum Gasteiger partial charge on any atom is 0.306 e. The first kappa shape index (κ1) is 22.0. The van der Waals surface area contributed by atoms with Gasteiger partial charge in [0.15, 0.2) is 6.61 Å². The molecule has 0 fully saturated rings. The lowest BCUT2D eigenvalue weighted by atomic mass is 9.94. The van der Waals surface area contributed by atoms with E-state index in [1.54, 1.807) is 48.5 Å². The van der Waals surface area contributed by atoms with Crippen molar-refractivity contribution in [2.75, 3.05) is 25.6 Å². The SMILES string of the molecule is COc1ccccc1NC(=O)COC(=O)CCCN1C(=O)c2cccc3cccc(c23)C1=O. The van der Waals surface area contributed by atoms with Gasteiger partial charge in [-0.3, -0.25) is 24.1 Å². The van der Waals surface area contributed by atoms with Crippen molar-refractivity contribution in [1.82, 2.24) is 4.90 Å². The molecule has 3 aromatic carbocycles. The van der Waals surface area contributed by atoms with Gasteiger partial charge in [0.1, 0.15) is 5.75 Å². The van der Waals surface area contributed by atoms with E-state index in [0.29, 0.717) is 28.0 Å². The van der Waals surface area contributed by atoms with Gasteiger partial charge in [0, 0.05) is 29.5 Å². The summed E-state index contributed by atoms with van der Waals surface area (Å²) >= 11 is 0. The average molecular weight is 446 g/mol. The first-order valence-electron chi connectivity index (χ1n) is 10.5. The molecule has 0 bridgehead atoms. The number of para-hydroxylation sites is 2. The van der Waals surface area contributed by atoms with Crippen molar-refractivity contribution in [1.29, 1.82) is 0 Å². The third-order valence-electron chi connectivity index (χ3n) is 5.36. The highest BCUT2D eigenvalue weighted by Crippen LogP contribution is 2.30. The number of rotatable bonds is 8. The number of hydrogen-bond acceptors (Lipinski definition) is 6. The largest absolute Gasteiger partial charge is 0.495 e. The standard InChI is InChI=1S/C25H22N2O6/c1-32-20-12-3-2-11-19(20)26-21(28)15-33-22(29)13-6-14-27-24(30)17-9-4-7-16-8-5-10-18(23(16)17)25(27)31/h2-5,7-12H,6,13-15H2,1H3,(H,26,28). The lowest BCUT2D eigenvalue weighted by Crippen LogP contribution is -2.41. The van der Waals surface area contributed by atoms with E-state index in [1.165, 1.54) is 7.11 Å². The third-order valence-corrected chi connectivity index (χ3v) is 5.36. The van der Waals surface area contributed by atoms with Crippen LogP contribution in [0.15, 0.2) is 60.7 Å². The number of amides is 3. The van der Waals surface area contributed by atoms with Crippen molar-refractivity contribution < 1.29 is 28.7 Å². The minimum atomic E-state index is -0.593. The van der Waals surface area contributed by atoms with E-state index in [1.807, 2.05) is 12.1 Å². The van der Waals surface area contributed by atoms with Crippen LogP contribution in [-0.2, 0) is 14.3 Å². The Bertz CT molecular complexity index is 1200. The van der Waals surface area contributed by atoms with Crippen LogP contribution in [0, 0.1) is 0 Å². The molecule has 0 aliphatic carbocycles. The molecule has 168 valence electrons. The topological polar surface area (TPSA) is 102 Å². The number of carbonyl (C=O) groups is 4. The van der Waals surface area contributed by atoms with Crippen LogP contribution < -0.4 is 10.1 Å². The van der Waals surface area contributed by atoms with Gasteiger partial charge >= 0.3 is 5.97 Å². The maximum atomic E-state index is 12.9. The van der Waals surface area contributed by atoms with E-state index in [-0.39, 0.29) is 31.2 Å². The number of anilines is 1. The molecule has 1 heterocycles. The molecule has 0 radical (unpaired) electrons. The van der Waals surface area contributed by atoms with Crippen molar-refractivity contribution in [3.63, 3.8) is 0 Å². The lowest BCUT2D eigenvalue weighted by molar-refractivity contribution is -0.147. The predicted molar refractivity (Wildman–Crippen MR) is 121 cm³/mol. The summed E-state index contributed by atoms with van der Waals surface area (Å²) in [7, 11) is 1.49. The quantitative estimate of drug-likeness (QED) is 0.420. The molecule has 1 aliphatic heterocycles. The predicted octanol–water partition coefficient (Wildman–Crippen LogP) is 3.41. The molecule has 4 rings (SSSR count). The molecular weight excluding hydrogens is 424 g/mol. The molecule has 8 heteroatoms. The van der Waals surface area contributed by atoms with Gasteiger partial charge in [-0.25, -0.2) is 0 Å². The first-order chi connectivity index (χ1) is 16.0. The second-order valence-electron chi connectivity index (χ2n) is 7.48. The Balaban J connectivity index is 1.29. The third kappa shape index (κ3) is 4.55. The van der Waals surface area contributed by atoms with Crippen molar-refractivity contribution in [3.05, 3.63) is 71.8 Å². The fraction of sp³-hybridized carbons (Fsp3) is 0.200. The number of imide groups is 1. The Morgan fingerprint density at radius 2 is 1.58 bits per heavy atom. The number of hydrogen-bond donors (Lipinski definition) is 1. The molecule has 0 saturated carbocycles. The summed E-state index contributed by atoms with van der Waals surface area (Å²) < 4.78 is 10.2. The minimum Gasteiger partial charge on any atom is -0.495 e. The van der Waals surface area contributed by atoms with Crippen molar-refractivity contribution in [2.24, 2.45) is 0 Å². The Kier molecular flexibility index (Phi) is 6.35. The van der Waals surface area contributed by atoms with Crippen LogP contribution in [0.1, 0.15) is 33.6 Å². The maximum absolute atomic E-state index is 12.9. The number of methoxy groups -OCH3 is 1. The van der Waals surface area contributed by atoms with Gasteiger partial charge in [-0.05, 0) is 36.1 Å². The molecule has 1 N–H and O–H groups in total. The fourth-order valence-corrected chi connectivity index (χ4v) is 3.82.